The zero-order chi connectivity index (χ0) is 18.4. The van der Waals surface area contributed by atoms with E-state index in [1.54, 1.807) is 36.4 Å². The Balaban J connectivity index is 1.85. The van der Waals surface area contributed by atoms with E-state index in [4.69, 9.17) is 11.6 Å². The van der Waals surface area contributed by atoms with E-state index in [0.717, 1.165) is 0 Å². The second-order valence-electron chi connectivity index (χ2n) is 4.86. The number of hydrazone groups is 1. The van der Waals surface area contributed by atoms with Crippen LogP contribution in [0, 0.1) is 0 Å². The summed E-state index contributed by atoms with van der Waals surface area (Å²) in [5.74, 6) is -0.954. The van der Waals surface area contributed by atoms with Crippen molar-refractivity contribution in [2.24, 2.45) is 5.10 Å². The number of hydrogen-bond donors (Lipinski definition) is 3. The second-order valence-corrected chi connectivity index (χ2v) is 7.00. The Kier molecular flexibility index (Phi) is 6.98. The van der Waals surface area contributed by atoms with Gasteiger partial charge in [0, 0.05) is 10.7 Å². The Bertz CT molecular complexity index is 803. The minimum absolute atomic E-state index is 0.0695. The summed E-state index contributed by atoms with van der Waals surface area (Å²) in [5.41, 5.74) is 3.45. The molecule has 0 radical (unpaired) electrons. The van der Waals surface area contributed by atoms with Crippen LogP contribution in [-0.2, 0) is 9.59 Å². The Morgan fingerprint density at radius 3 is 2.32 bits per heavy atom. The molecule has 2 amide bonds. The fraction of sp³-hybridized carbons (Fsp3) is 0.0625. The number of anilines is 1. The maximum absolute atomic E-state index is 11.8. The van der Waals surface area contributed by atoms with Crippen molar-refractivity contribution in [3.8, 4) is 5.75 Å². The highest BCUT2D eigenvalue weighted by atomic mass is 79.9. The summed E-state index contributed by atoms with van der Waals surface area (Å²) in [5, 5.41) is 16.5. The van der Waals surface area contributed by atoms with E-state index in [1.807, 2.05) is 0 Å². The topological polar surface area (TPSA) is 90.8 Å². The van der Waals surface area contributed by atoms with Gasteiger partial charge in [0.25, 0.3) is 0 Å². The largest absolute Gasteiger partial charge is 0.506 e. The molecule has 0 aliphatic carbocycles. The molecule has 3 N–H and O–H groups in total. The van der Waals surface area contributed by atoms with Crippen LogP contribution in [0.1, 0.15) is 12.0 Å². The predicted molar refractivity (Wildman–Crippen MR) is 104 cm³/mol. The molecule has 0 spiro atoms. The highest BCUT2D eigenvalue weighted by Crippen LogP contribution is 2.32. The van der Waals surface area contributed by atoms with Gasteiger partial charge in [-0.25, -0.2) is 5.43 Å². The van der Waals surface area contributed by atoms with Gasteiger partial charge in [-0.05, 0) is 73.8 Å². The molecule has 0 aliphatic heterocycles. The minimum Gasteiger partial charge on any atom is -0.506 e. The maximum atomic E-state index is 11.8. The second kappa shape index (κ2) is 8.98. The molecule has 0 bridgehead atoms. The highest BCUT2D eigenvalue weighted by Gasteiger charge is 2.09. The van der Waals surface area contributed by atoms with Crippen LogP contribution in [0.5, 0.6) is 5.75 Å². The third-order valence-electron chi connectivity index (χ3n) is 2.89. The molecule has 0 saturated heterocycles. The van der Waals surface area contributed by atoms with Crippen molar-refractivity contribution in [3.63, 3.8) is 0 Å². The van der Waals surface area contributed by atoms with Crippen LogP contribution in [0.15, 0.2) is 50.4 Å². The van der Waals surface area contributed by atoms with Crippen molar-refractivity contribution >= 4 is 67.2 Å². The lowest BCUT2D eigenvalue weighted by Crippen LogP contribution is -2.24. The molecule has 2 rings (SSSR count). The lowest BCUT2D eigenvalue weighted by Gasteiger charge is -2.04. The molecular weight excluding hydrogens is 477 g/mol. The monoisotopic (exact) mass is 487 g/mol. The minimum atomic E-state index is -0.556. The van der Waals surface area contributed by atoms with Crippen LogP contribution in [0.2, 0.25) is 5.02 Å². The van der Waals surface area contributed by atoms with E-state index in [-0.39, 0.29) is 12.2 Å². The van der Waals surface area contributed by atoms with Crippen LogP contribution >= 0.6 is 43.5 Å². The highest BCUT2D eigenvalue weighted by molar-refractivity contribution is 9.11. The van der Waals surface area contributed by atoms with Gasteiger partial charge in [-0.2, -0.15) is 5.10 Å². The van der Waals surface area contributed by atoms with E-state index < -0.39 is 11.8 Å². The molecule has 0 heterocycles. The molecule has 130 valence electrons. The first-order valence-electron chi connectivity index (χ1n) is 6.90. The predicted octanol–water partition coefficient (Wildman–Crippen LogP) is 4.05. The molecule has 0 atom stereocenters. The van der Waals surface area contributed by atoms with Crippen molar-refractivity contribution in [1.82, 2.24) is 5.43 Å². The number of phenolic OH excluding ortho intramolecular Hbond substituents is 1. The molecule has 0 saturated carbocycles. The number of aromatic hydroxyl groups is 1. The third-order valence-corrected chi connectivity index (χ3v) is 4.35. The molecule has 0 fully saturated rings. The van der Waals surface area contributed by atoms with Crippen LogP contribution < -0.4 is 10.7 Å². The number of amides is 2. The van der Waals surface area contributed by atoms with Gasteiger partial charge in [-0.15, -0.1) is 0 Å². The number of halogens is 3. The number of carbonyl (C=O) groups excluding carboxylic acids is 2. The summed E-state index contributed by atoms with van der Waals surface area (Å²) < 4.78 is 0.967. The standard InChI is InChI=1S/C16H12Br2ClN3O3/c17-12-5-9(6-13(18)16(12)25)8-20-22-15(24)7-14(23)21-11-3-1-10(19)2-4-11/h1-6,8,25H,7H2,(H,21,23)(H,22,24). The van der Waals surface area contributed by atoms with Crippen molar-refractivity contribution in [3.05, 3.63) is 55.9 Å². The fourth-order valence-electron chi connectivity index (χ4n) is 1.76. The van der Waals surface area contributed by atoms with Gasteiger partial charge >= 0.3 is 0 Å². The summed E-state index contributed by atoms with van der Waals surface area (Å²) in [6.07, 6.45) is 1.02. The number of carbonyl (C=O) groups is 2. The van der Waals surface area contributed by atoms with Gasteiger partial charge in [-0.3, -0.25) is 9.59 Å². The summed E-state index contributed by atoms with van der Waals surface area (Å²) in [4.78, 5) is 23.5. The van der Waals surface area contributed by atoms with Gasteiger partial charge in [-0.1, -0.05) is 11.6 Å². The first kappa shape index (κ1) is 19.4. The number of phenols is 1. The molecular formula is C16H12Br2ClN3O3. The van der Waals surface area contributed by atoms with Crippen molar-refractivity contribution in [2.75, 3.05) is 5.32 Å². The van der Waals surface area contributed by atoms with Gasteiger partial charge in [0.05, 0.1) is 15.2 Å². The fourth-order valence-corrected chi connectivity index (χ4v) is 3.11. The SMILES string of the molecule is O=C(CC(=O)Nc1ccc(Cl)cc1)NN=Cc1cc(Br)c(O)c(Br)c1. The van der Waals surface area contributed by atoms with Crippen LogP contribution in [0.3, 0.4) is 0 Å². The van der Waals surface area contributed by atoms with Crippen LogP contribution in [-0.4, -0.2) is 23.1 Å². The summed E-state index contributed by atoms with van der Waals surface area (Å²) >= 11 is 12.1. The lowest BCUT2D eigenvalue weighted by atomic mass is 10.2. The molecule has 25 heavy (non-hydrogen) atoms. The Labute approximate surface area is 165 Å². The number of hydrogen-bond acceptors (Lipinski definition) is 4. The number of benzene rings is 2. The Morgan fingerprint density at radius 1 is 1.12 bits per heavy atom. The zero-order valence-electron chi connectivity index (χ0n) is 12.6. The average molecular weight is 490 g/mol. The Morgan fingerprint density at radius 2 is 1.72 bits per heavy atom. The van der Waals surface area contributed by atoms with Gasteiger partial charge in [0.15, 0.2) is 0 Å². The molecule has 6 nitrogen and oxygen atoms in total. The van der Waals surface area contributed by atoms with E-state index in [1.165, 1.54) is 6.21 Å². The first-order chi connectivity index (χ1) is 11.8. The van der Waals surface area contributed by atoms with Gasteiger partial charge < -0.3 is 10.4 Å². The molecule has 2 aromatic carbocycles. The molecule has 2 aromatic rings. The van der Waals surface area contributed by atoms with Crippen molar-refractivity contribution < 1.29 is 14.7 Å². The number of rotatable bonds is 5. The van der Waals surface area contributed by atoms with Crippen LogP contribution in [0.4, 0.5) is 5.69 Å². The normalized spacial score (nSPS) is 10.7. The van der Waals surface area contributed by atoms with Crippen molar-refractivity contribution in [1.29, 1.82) is 0 Å². The lowest BCUT2D eigenvalue weighted by molar-refractivity contribution is -0.126. The summed E-state index contributed by atoms with van der Waals surface area (Å²) in [6, 6.07) is 9.80. The van der Waals surface area contributed by atoms with Crippen molar-refractivity contribution in [2.45, 2.75) is 6.42 Å². The summed E-state index contributed by atoms with van der Waals surface area (Å²) in [6.45, 7) is 0. The molecule has 0 unspecified atom stereocenters. The zero-order valence-corrected chi connectivity index (χ0v) is 16.5. The number of nitrogens with one attached hydrogen (secondary N) is 2. The van der Waals surface area contributed by atoms with E-state index >= 15 is 0 Å². The quantitative estimate of drug-likeness (QED) is 0.336. The van der Waals surface area contributed by atoms with Gasteiger partial charge in [0.1, 0.15) is 12.2 Å². The van der Waals surface area contributed by atoms with E-state index in [2.05, 4.69) is 47.7 Å². The molecule has 0 aromatic heterocycles. The van der Waals surface area contributed by atoms with E-state index in [0.29, 0.717) is 25.2 Å². The Hall–Kier alpha value is -1.90. The summed E-state index contributed by atoms with van der Waals surface area (Å²) in [7, 11) is 0. The van der Waals surface area contributed by atoms with Crippen LogP contribution in [0.25, 0.3) is 0 Å². The van der Waals surface area contributed by atoms with Gasteiger partial charge in [0.2, 0.25) is 11.8 Å². The molecule has 0 aliphatic rings. The smallest absolute Gasteiger partial charge is 0.249 e. The molecule has 9 heteroatoms. The third kappa shape index (κ3) is 6.15. The number of nitrogens with zero attached hydrogens (tertiary/aromatic N) is 1. The maximum Gasteiger partial charge on any atom is 0.249 e. The average Bonchev–Trinajstić information content (AvgIpc) is 2.54. The first-order valence-corrected chi connectivity index (χ1v) is 8.87. The van der Waals surface area contributed by atoms with E-state index in [9.17, 15) is 14.7 Å².